The van der Waals surface area contributed by atoms with Crippen molar-refractivity contribution in [3.63, 3.8) is 0 Å². The number of amides is 2. The molecule has 0 spiro atoms. The van der Waals surface area contributed by atoms with Gasteiger partial charge in [0.1, 0.15) is 0 Å². The van der Waals surface area contributed by atoms with Crippen LogP contribution in [0, 0.1) is 0 Å². The van der Waals surface area contributed by atoms with Crippen molar-refractivity contribution in [3.05, 3.63) is 65.2 Å². The van der Waals surface area contributed by atoms with Crippen molar-refractivity contribution in [2.75, 3.05) is 38.2 Å². The smallest absolute Gasteiger partial charge is 0.379 e. The molecule has 0 aromatic heterocycles. The highest BCUT2D eigenvalue weighted by Crippen LogP contribution is 2.33. The Morgan fingerprint density at radius 2 is 1.81 bits per heavy atom. The molecule has 1 fully saturated rings. The van der Waals surface area contributed by atoms with Crippen LogP contribution in [-0.2, 0) is 20.5 Å². The second kappa shape index (κ2) is 9.30. The van der Waals surface area contributed by atoms with Crippen molar-refractivity contribution in [2.24, 2.45) is 0 Å². The lowest BCUT2D eigenvalue weighted by Crippen LogP contribution is -2.45. The maximum absolute atomic E-state index is 13.0. The number of para-hydroxylation sites is 1. The zero-order chi connectivity index (χ0) is 22.7. The van der Waals surface area contributed by atoms with Crippen LogP contribution >= 0.6 is 0 Å². The number of rotatable bonds is 5. The SMILES string of the molecule is O=C1CC(C(=O)NCC(c2ccc(C(F)(F)F)cc2)N2CCOCC2)c2ccccc2N1. The summed E-state index contributed by atoms with van der Waals surface area (Å²) in [6.45, 7) is 2.46. The molecule has 1 saturated heterocycles. The molecule has 9 heteroatoms. The zero-order valence-corrected chi connectivity index (χ0v) is 17.3. The lowest BCUT2D eigenvalue weighted by atomic mass is 9.89. The first-order valence-electron chi connectivity index (χ1n) is 10.5. The second-order valence-corrected chi connectivity index (χ2v) is 7.92. The molecule has 2 aliphatic heterocycles. The number of hydrogen-bond donors (Lipinski definition) is 2. The van der Waals surface area contributed by atoms with Crippen LogP contribution in [0.4, 0.5) is 18.9 Å². The largest absolute Gasteiger partial charge is 0.416 e. The van der Waals surface area contributed by atoms with Gasteiger partial charge in [0.05, 0.1) is 30.7 Å². The minimum absolute atomic E-state index is 0.0470. The molecule has 0 aliphatic carbocycles. The number of nitrogens with one attached hydrogen (secondary N) is 2. The predicted octanol–water partition coefficient (Wildman–Crippen LogP) is 3.32. The van der Waals surface area contributed by atoms with Gasteiger partial charge in [0.2, 0.25) is 11.8 Å². The molecule has 2 aliphatic rings. The molecule has 0 saturated carbocycles. The monoisotopic (exact) mass is 447 g/mol. The van der Waals surface area contributed by atoms with Crippen molar-refractivity contribution in [1.82, 2.24) is 10.2 Å². The zero-order valence-electron chi connectivity index (χ0n) is 17.3. The van der Waals surface area contributed by atoms with E-state index >= 15 is 0 Å². The van der Waals surface area contributed by atoms with Gasteiger partial charge in [-0.15, -0.1) is 0 Å². The van der Waals surface area contributed by atoms with E-state index in [1.54, 1.807) is 12.1 Å². The maximum atomic E-state index is 13.0. The number of benzene rings is 2. The van der Waals surface area contributed by atoms with Crippen LogP contribution < -0.4 is 10.6 Å². The number of anilines is 1. The number of fused-ring (bicyclic) bond motifs is 1. The van der Waals surface area contributed by atoms with E-state index < -0.39 is 17.7 Å². The maximum Gasteiger partial charge on any atom is 0.416 e. The van der Waals surface area contributed by atoms with E-state index in [0.29, 0.717) is 37.6 Å². The molecule has 2 aromatic carbocycles. The summed E-state index contributed by atoms with van der Waals surface area (Å²) in [5, 5.41) is 5.70. The van der Waals surface area contributed by atoms with Gasteiger partial charge in [-0.25, -0.2) is 0 Å². The summed E-state index contributed by atoms with van der Waals surface area (Å²) in [4.78, 5) is 27.2. The molecule has 0 radical (unpaired) electrons. The van der Waals surface area contributed by atoms with E-state index in [1.165, 1.54) is 12.1 Å². The van der Waals surface area contributed by atoms with Gasteiger partial charge in [0.15, 0.2) is 0 Å². The van der Waals surface area contributed by atoms with Crippen LogP contribution in [0.2, 0.25) is 0 Å². The Kier molecular flexibility index (Phi) is 6.48. The van der Waals surface area contributed by atoms with Gasteiger partial charge in [-0.3, -0.25) is 14.5 Å². The molecule has 6 nitrogen and oxygen atoms in total. The van der Waals surface area contributed by atoms with E-state index in [4.69, 9.17) is 4.74 Å². The molecule has 2 N–H and O–H groups in total. The highest BCUT2D eigenvalue weighted by Gasteiger charge is 2.33. The standard InChI is InChI=1S/C23H24F3N3O3/c24-23(25,26)16-7-5-15(6-8-16)20(29-9-11-32-12-10-29)14-27-22(31)18-13-21(30)28-19-4-2-1-3-17(18)19/h1-8,18,20H,9-14H2,(H,27,31)(H,28,30). The van der Waals surface area contributed by atoms with Gasteiger partial charge in [-0.05, 0) is 29.3 Å². The van der Waals surface area contributed by atoms with Crippen LogP contribution in [0.15, 0.2) is 48.5 Å². The van der Waals surface area contributed by atoms with E-state index in [0.717, 1.165) is 17.7 Å². The Hall–Kier alpha value is -2.91. The van der Waals surface area contributed by atoms with Gasteiger partial charge < -0.3 is 15.4 Å². The van der Waals surface area contributed by atoms with Crippen molar-refractivity contribution in [3.8, 4) is 0 Å². The van der Waals surface area contributed by atoms with Crippen LogP contribution in [-0.4, -0.2) is 49.6 Å². The molecule has 2 heterocycles. The van der Waals surface area contributed by atoms with Crippen LogP contribution in [0.5, 0.6) is 0 Å². The molecule has 4 rings (SSSR count). The number of nitrogens with zero attached hydrogens (tertiary/aromatic N) is 1. The Morgan fingerprint density at radius 1 is 1.12 bits per heavy atom. The quantitative estimate of drug-likeness (QED) is 0.738. The summed E-state index contributed by atoms with van der Waals surface area (Å²) in [5.74, 6) is -1.12. The first-order valence-corrected chi connectivity index (χ1v) is 10.5. The number of carbonyl (C=O) groups excluding carboxylic acids is 2. The van der Waals surface area contributed by atoms with Crippen molar-refractivity contribution < 1.29 is 27.5 Å². The fraction of sp³-hybridized carbons (Fsp3) is 0.391. The van der Waals surface area contributed by atoms with Crippen molar-refractivity contribution >= 4 is 17.5 Å². The highest BCUT2D eigenvalue weighted by atomic mass is 19.4. The molecule has 32 heavy (non-hydrogen) atoms. The Morgan fingerprint density at radius 3 is 2.50 bits per heavy atom. The molecular formula is C23H24F3N3O3. The summed E-state index contributed by atoms with van der Waals surface area (Å²) < 4.78 is 44.3. The molecule has 0 bridgehead atoms. The fourth-order valence-corrected chi connectivity index (χ4v) is 4.21. The van der Waals surface area contributed by atoms with Gasteiger partial charge in [-0.1, -0.05) is 30.3 Å². The number of halogens is 3. The number of carbonyl (C=O) groups is 2. The molecule has 2 unspecified atom stereocenters. The number of morpholine rings is 1. The van der Waals surface area contributed by atoms with E-state index in [1.807, 2.05) is 12.1 Å². The fourth-order valence-electron chi connectivity index (χ4n) is 4.21. The molecule has 170 valence electrons. The molecular weight excluding hydrogens is 423 g/mol. The van der Waals surface area contributed by atoms with E-state index in [9.17, 15) is 22.8 Å². The van der Waals surface area contributed by atoms with Gasteiger partial charge in [0.25, 0.3) is 0 Å². The van der Waals surface area contributed by atoms with Crippen molar-refractivity contribution in [2.45, 2.75) is 24.6 Å². The van der Waals surface area contributed by atoms with Crippen LogP contribution in [0.3, 0.4) is 0 Å². The predicted molar refractivity (Wildman–Crippen MR) is 112 cm³/mol. The molecule has 2 aromatic rings. The van der Waals surface area contributed by atoms with Crippen LogP contribution in [0.25, 0.3) is 0 Å². The minimum atomic E-state index is -4.41. The van der Waals surface area contributed by atoms with Gasteiger partial charge in [-0.2, -0.15) is 13.2 Å². The normalized spacial score (nSPS) is 20.2. The van der Waals surface area contributed by atoms with Gasteiger partial charge in [0, 0.05) is 31.7 Å². The van der Waals surface area contributed by atoms with E-state index in [-0.39, 0.29) is 30.8 Å². The third kappa shape index (κ3) is 4.94. The summed E-state index contributed by atoms with van der Waals surface area (Å²) in [6, 6.07) is 11.9. The first-order chi connectivity index (χ1) is 15.3. The average molecular weight is 447 g/mol. The number of ether oxygens (including phenoxy) is 1. The lowest BCUT2D eigenvalue weighted by molar-refractivity contribution is -0.137. The van der Waals surface area contributed by atoms with Crippen LogP contribution in [0.1, 0.15) is 35.1 Å². The Labute approximate surface area is 183 Å². The third-order valence-electron chi connectivity index (χ3n) is 5.90. The molecule has 2 atom stereocenters. The molecule has 2 amide bonds. The third-order valence-corrected chi connectivity index (χ3v) is 5.90. The average Bonchev–Trinajstić information content (AvgIpc) is 2.79. The second-order valence-electron chi connectivity index (χ2n) is 7.92. The number of hydrogen-bond acceptors (Lipinski definition) is 4. The Bertz CT molecular complexity index is 972. The lowest BCUT2D eigenvalue weighted by Gasteiger charge is -2.35. The summed E-state index contributed by atoms with van der Waals surface area (Å²) >= 11 is 0. The summed E-state index contributed by atoms with van der Waals surface area (Å²) in [6.07, 6.45) is -4.36. The topological polar surface area (TPSA) is 70.7 Å². The van der Waals surface area contributed by atoms with Gasteiger partial charge >= 0.3 is 6.18 Å². The summed E-state index contributed by atoms with van der Waals surface area (Å²) in [7, 11) is 0. The minimum Gasteiger partial charge on any atom is -0.379 e. The first kappa shape index (κ1) is 22.3. The summed E-state index contributed by atoms with van der Waals surface area (Å²) in [5.41, 5.74) is 1.34. The van der Waals surface area contributed by atoms with Crippen molar-refractivity contribution in [1.29, 1.82) is 0 Å². The van der Waals surface area contributed by atoms with E-state index in [2.05, 4.69) is 15.5 Å². The number of alkyl halides is 3. The highest BCUT2D eigenvalue weighted by molar-refractivity contribution is 6.01. The Balaban J connectivity index is 1.52.